The Morgan fingerprint density at radius 3 is 2.58 bits per heavy atom. The van der Waals surface area contributed by atoms with Crippen LogP contribution >= 0.6 is 0 Å². The number of ether oxygens (including phenoxy) is 1. The third-order valence-corrected chi connectivity index (χ3v) is 4.64. The van der Waals surface area contributed by atoms with E-state index in [0.717, 1.165) is 6.42 Å². The van der Waals surface area contributed by atoms with Crippen molar-refractivity contribution in [3.05, 3.63) is 24.8 Å². The highest BCUT2D eigenvalue weighted by Crippen LogP contribution is 2.38. The standard InChI is InChI=1S/C20H34O4/c1-7-18(4,22)10-8-11-19(5)12-9-17(24-19)20(6,23)14-16(21)13-15(2)3/h7-8,11,15,17,22-23H,1,9-10,12-14H2,2-6H3/b11-8+/t17-,18?,19-,20?/m0/s1. The fourth-order valence-electron chi connectivity index (χ4n) is 3.09. The molecule has 0 aromatic rings. The summed E-state index contributed by atoms with van der Waals surface area (Å²) in [6, 6.07) is 0. The topological polar surface area (TPSA) is 66.8 Å². The normalized spacial score (nSPS) is 29.6. The molecule has 1 aliphatic rings. The lowest BCUT2D eigenvalue weighted by Crippen LogP contribution is -2.42. The van der Waals surface area contributed by atoms with Crippen LogP contribution in [0.4, 0.5) is 0 Å². The van der Waals surface area contributed by atoms with E-state index in [1.807, 2.05) is 32.9 Å². The molecule has 4 atom stereocenters. The van der Waals surface area contributed by atoms with E-state index in [2.05, 4.69) is 6.58 Å². The van der Waals surface area contributed by atoms with Gasteiger partial charge in [0.25, 0.3) is 0 Å². The van der Waals surface area contributed by atoms with Crippen molar-refractivity contribution in [3.8, 4) is 0 Å². The molecule has 0 aliphatic carbocycles. The van der Waals surface area contributed by atoms with E-state index in [-0.39, 0.29) is 18.3 Å². The Kier molecular flexibility index (Phi) is 6.97. The number of ketones is 1. The molecule has 0 bridgehead atoms. The summed E-state index contributed by atoms with van der Waals surface area (Å²) >= 11 is 0. The number of Topliss-reactive ketones (excluding diaryl/α,β-unsaturated/α-hetero) is 1. The lowest BCUT2D eigenvalue weighted by molar-refractivity contribution is -0.138. The summed E-state index contributed by atoms with van der Waals surface area (Å²) < 4.78 is 6.07. The second-order valence-corrected chi connectivity index (χ2v) is 8.30. The Balaban J connectivity index is 2.64. The van der Waals surface area contributed by atoms with E-state index >= 15 is 0 Å². The van der Waals surface area contributed by atoms with Gasteiger partial charge >= 0.3 is 0 Å². The van der Waals surface area contributed by atoms with E-state index < -0.39 is 16.8 Å². The van der Waals surface area contributed by atoms with E-state index in [0.29, 0.717) is 25.2 Å². The molecule has 2 unspecified atom stereocenters. The van der Waals surface area contributed by atoms with Crippen LogP contribution in [0.5, 0.6) is 0 Å². The molecule has 2 N–H and O–H groups in total. The van der Waals surface area contributed by atoms with Crippen molar-refractivity contribution in [1.82, 2.24) is 0 Å². The monoisotopic (exact) mass is 338 g/mol. The molecule has 24 heavy (non-hydrogen) atoms. The van der Waals surface area contributed by atoms with Gasteiger partial charge in [-0.3, -0.25) is 4.79 Å². The van der Waals surface area contributed by atoms with Gasteiger partial charge in [-0.05, 0) is 46.0 Å². The first kappa shape index (κ1) is 21.1. The first-order valence-electron chi connectivity index (χ1n) is 8.85. The molecule has 0 radical (unpaired) electrons. The van der Waals surface area contributed by atoms with Gasteiger partial charge < -0.3 is 14.9 Å². The van der Waals surface area contributed by atoms with E-state index in [1.165, 1.54) is 6.08 Å². The van der Waals surface area contributed by atoms with Gasteiger partial charge in [-0.25, -0.2) is 0 Å². The molecule has 4 nitrogen and oxygen atoms in total. The zero-order valence-corrected chi connectivity index (χ0v) is 15.8. The highest BCUT2D eigenvalue weighted by atomic mass is 16.5. The van der Waals surface area contributed by atoms with Crippen molar-refractivity contribution in [2.24, 2.45) is 5.92 Å². The van der Waals surface area contributed by atoms with Gasteiger partial charge in [-0.2, -0.15) is 0 Å². The molecule has 138 valence electrons. The van der Waals surface area contributed by atoms with Gasteiger partial charge in [0, 0.05) is 12.8 Å². The van der Waals surface area contributed by atoms with Crippen LogP contribution in [0.2, 0.25) is 0 Å². The van der Waals surface area contributed by atoms with Gasteiger partial charge in [0.05, 0.1) is 22.9 Å². The van der Waals surface area contributed by atoms with Crippen LogP contribution in [0.15, 0.2) is 24.8 Å². The zero-order chi connectivity index (χ0) is 18.6. The van der Waals surface area contributed by atoms with Gasteiger partial charge in [0.2, 0.25) is 0 Å². The second kappa shape index (κ2) is 7.94. The second-order valence-electron chi connectivity index (χ2n) is 8.30. The van der Waals surface area contributed by atoms with E-state index in [4.69, 9.17) is 4.74 Å². The van der Waals surface area contributed by atoms with Gasteiger partial charge in [0.1, 0.15) is 5.78 Å². The Morgan fingerprint density at radius 2 is 2.04 bits per heavy atom. The maximum Gasteiger partial charge on any atom is 0.136 e. The van der Waals surface area contributed by atoms with Crippen LogP contribution in [-0.4, -0.2) is 38.9 Å². The Labute approximate surface area is 146 Å². The Morgan fingerprint density at radius 1 is 1.42 bits per heavy atom. The van der Waals surface area contributed by atoms with Crippen LogP contribution in [-0.2, 0) is 9.53 Å². The first-order chi connectivity index (χ1) is 10.9. The van der Waals surface area contributed by atoms with Crippen LogP contribution in [0.1, 0.15) is 66.7 Å². The summed E-state index contributed by atoms with van der Waals surface area (Å²) in [7, 11) is 0. The average Bonchev–Trinajstić information content (AvgIpc) is 2.80. The third kappa shape index (κ3) is 6.50. The quantitative estimate of drug-likeness (QED) is 0.631. The SMILES string of the molecule is C=CC(C)(O)C/C=C/[C@@]1(C)CC[C@@H](C(C)(O)CC(=O)CC(C)C)O1. The van der Waals surface area contributed by atoms with Crippen LogP contribution in [0, 0.1) is 5.92 Å². The van der Waals surface area contributed by atoms with Crippen LogP contribution < -0.4 is 0 Å². The maximum absolute atomic E-state index is 12.0. The fraction of sp³-hybridized carbons (Fsp3) is 0.750. The van der Waals surface area contributed by atoms with Gasteiger partial charge in [-0.1, -0.05) is 32.1 Å². The molecule has 0 saturated carbocycles. The molecule has 0 spiro atoms. The highest BCUT2D eigenvalue weighted by molar-refractivity contribution is 5.79. The summed E-state index contributed by atoms with van der Waals surface area (Å²) in [5, 5.41) is 20.6. The summed E-state index contributed by atoms with van der Waals surface area (Å²) in [5.41, 5.74) is -2.56. The predicted octanol–water partition coefficient (Wildman–Crippen LogP) is 3.56. The minimum atomic E-state index is -1.15. The number of rotatable bonds is 9. The fourth-order valence-corrected chi connectivity index (χ4v) is 3.09. The van der Waals surface area contributed by atoms with Crippen LogP contribution in [0.3, 0.4) is 0 Å². The summed E-state index contributed by atoms with van der Waals surface area (Å²) in [4.78, 5) is 12.0. The number of hydrogen-bond donors (Lipinski definition) is 2. The smallest absolute Gasteiger partial charge is 0.136 e. The minimum Gasteiger partial charge on any atom is -0.387 e. The molecule has 1 fully saturated rings. The summed E-state index contributed by atoms with van der Waals surface area (Å²) in [6.45, 7) is 13.0. The molecule has 4 heteroatoms. The molecule has 1 rings (SSSR count). The molecular weight excluding hydrogens is 304 g/mol. The molecule has 0 aromatic heterocycles. The number of carbonyl (C=O) groups excluding carboxylic acids is 1. The molecule has 0 amide bonds. The number of carbonyl (C=O) groups is 1. The Bertz CT molecular complexity index is 476. The highest BCUT2D eigenvalue weighted by Gasteiger charge is 2.44. The van der Waals surface area contributed by atoms with E-state index in [1.54, 1.807) is 13.8 Å². The van der Waals surface area contributed by atoms with Crippen molar-refractivity contribution < 1.29 is 19.7 Å². The summed E-state index contributed by atoms with van der Waals surface area (Å²) in [6.07, 6.45) is 7.55. The molecule has 0 aromatic carbocycles. The van der Waals surface area contributed by atoms with Gasteiger partial charge in [-0.15, -0.1) is 6.58 Å². The van der Waals surface area contributed by atoms with Crippen molar-refractivity contribution in [1.29, 1.82) is 0 Å². The predicted molar refractivity (Wildman–Crippen MR) is 96.8 cm³/mol. The van der Waals surface area contributed by atoms with Crippen molar-refractivity contribution >= 4 is 5.78 Å². The van der Waals surface area contributed by atoms with Crippen molar-refractivity contribution in [2.45, 2.75) is 89.6 Å². The third-order valence-electron chi connectivity index (χ3n) is 4.64. The first-order valence-corrected chi connectivity index (χ1v) is 8.85. The number of hydrogen-bond acceptors (Lipinski definition) is 4. The molecular formula is C20H34O4. The zero-order valence-electron chi connectivity index (χ0n) is 15.8. The maximum atomic E-state index is 12.0. The largest absolute Gasteiger partial charge is 0.387 e. The lowest BCUT2D eigenvalue weighted by atomic mass is 9.88. The van der Waals surface area contributed by atoms with Crippen molar-refractivity contribution in [3.63, 3.8) is 0 Å². The molecule has 1 aliphatic heterocycles. The minimum absolute atomic E-state index is 0.0739. The van der Waals surface area contributed by atoms with E-state index in [9.17, 15) is 15.0 Å². The molecule has 1 heterocycles. The lowest BCUT2D eigenvalue weighted by Gasteiger charge is -2.31. The van der Waals surface area contributed by atoms with Crippen molar-refractivity contribution in [2.75, 3.05) is 0 Å². The number of aliphatic hydroxyl groups is 2. The molecule has 1 saturated heterocycles. The van der Waals surface area contributed by atoms with Gasteiger partial charge in [0.15, 0.2) is 0 Å². The summed E-state index contributed by atoms with van der Waals surface area (Å²) in [5.74, 6) is 0.369. The van der Waals surface area contributed by atoms with Crippen LogP contribution in [0.25, 0.3) is 0 Å². The Hall–Kier alpha value is -0.970. The average molecular weight is 338 g/mol.